The van der Waals surface area contributed by atoms with Gasteiger partial charge in [-0.2, -0.15) is 5.10 Å². The fourth-order valence-electron chi connectivity index (χ4n) is 3.86. The van der Waals surface area contributed by atoms with E-state index in [-0.39, 0.29) is 24.4 Å². The zero-order valence-corrected chi connectivity index (χ0v) is 15.4. The standard InChI is InChI=1S/C20H25N5O2/c26-19(24-11-4-6-15-5-1-2-8-18(15)24)14-22-20(27)17-9-12-25(23-17)16-7-3-10-21-13-16/h1-2,5,8-9,12,16,21H,3-4,6-7,10-11,13-14H2,(H,22,27). The van der Waals surface area contributed by atoms with E-state index in [0.717, 1.165) is 44.5 Å². The van der Waals surface area contributed by atoms with E-state index in [2.05, 4.69) is 21.8 Å². The van der Waals surface area contributed by atoms with Crippen LogP contribution in [0.25, 0.3) is 0 Å². The molecule has 0 bridgehead atoms. The third kappa shape index (κ3) is 3.88. The number of carbonyl (C=O) groups is 2. The molecule has 2 aromatic rings. The molecule has 2 aliphatic heterocycles. The summed E-state index contributed by atoms with van der Waals surface area (Å²) in [6, 6.07) is 9.95. The molecule has 2 N–H and O–H groups in total. The summed E-state index contributed by atoms with van der Waals surface area (Å²) in [4.78, 5) is 26.8. The molecule has 2 amide bonds. The van der Waals surface area contributed by atoms with Crippen LogP contribution in [0.15, 0.2) is 36.5 Å². The van der Waals surface area contributed by atoms with Gasteiger partial charge in [-0.15, -0.1) is 0 Å². The van der Waals surface area contributed by atoms with E-state index in [0.29, 0.717) is 12.2 Å². The van der Waals surface area contributed by atoms with Crippen molar-refractivity contribution in [3.63, 3.8) is 0 Å². The summed E-state index contributed by atoms with van der Waals surface area (Å²) >= 11 is 0. The molecule has 7 nitrogen and oxygen atoms in total. The number of anilines is 1. The summed E-state index contributed by atoms with van der Waals surface area (Å²) in [6.45, 7) is 2.57. The van der Waals surface area contributed by atoms with Crippen molar-refractivity contribution in [2.45, 2.75) is 31.7 Å². The molecule has 1 aromatic heterocycles. The first-order valence-electron chi connectivity index (χ1n) is 9.65. The molecule has 4 rings (SSSR count). The summed E-state index contributed by atoms with van der Waals surface area (Å²) in [5.41, 5.74) is 2.49. The maximum Gasteiger partial charge on any atom is 0.272 e. The molecule has 7 heteroatoms. The maximum absolute atomic E-state index is 12.6. The highest BCUT2D eigenvalue weighted by molar-refractivity contribution is 6.00. The summed E-state index contributed by atoms with van der Waals surface area (Å²) in [5.74, 6) is -0.400. The molecular weight excluding hydrogens is 342 g/mol. The predicted molar refractivity (Wildman–Crippen MR) is 103 cm³/mol. The normalized spacial score (nSPS) is 19.4. The molecule has 3 heterocycles. The van der Waals surface area contributed by atoms with Crippen LogP contribution in [0.1, 0.15) is 41.4 Å². The van der Waals surface area contributed by atoms with Gasteiger partial charge in [0, 0.05) is 25.0 Å². The molecule has 2 aliphatic rings. The lowest BCUT2D eigenvalue weighted by molar-refractivity contribution is -0.117. The molecule has 1 atom stereocenters. The Kier molecular flexibility index (Phi) is 5.20. The van der Waals surface area contributed by atoms with E-state index in [1.54, 1.807) is 11.0 Å². The van der Waals surface area contributed by atoms with Gasteiger partial charge in [0.25, 0.3) is 5.91 Å². The van der Waals surface area contributed by atoms with E-state index in [1.807, 2.05) is 29.1 Å². The van der Waals surface area contributed by atoms with Crippen molar-refractivity contribution in [3.05, 3.63) is 47.8 Å². The maximum atomic E-state index is 12.6. The monoisotopic (exact) mass is 367 g/mol. The Morgan fingerprint density at radius 3 is 2.96 bits per heavy atom. The van der Waals surface area contributed by atoms with Gasteiger partial charge in [-0.05, 0) is 49.9 Å². The molecule has 0 spiro atoms. The van der Waals surface area contributed by atoms with Gasteiger partial charge >= 0.3 is 0 Å². The second-order valence-corrected chi connectivity index (χ2v) is 7.14. The number of carbonyl (C=O) groups excluding carboxylic acids is 2. The number of aromatic nitrogens is 2. The van der Waals surface area contributed by atoms with Crippen LogP contribution < -0.4 is 15.5 Å². The molecule has 0 saturated carbocycles. The van der Waals surface area contributed by atoms with Crippen LogP contribution in [0.3, 0.4) is 0 Å². The lowest BCUT2D eigenvalue weighted by atomic mass is 10.0. The van der Waals surface area contributed by atoms with Crippen LogP contribution >= 0.6 is 0 Å². The number of hydrogen-bond donors (Lipinski definition) is 2. The number of aryl methyl sites for hydroxylation is 1. The highest BCUT2D eigenvalue weighted by atomic mass is 16.2. The lowest BCUT2D eigenvalue weighted by Crippen LogP contribution is -2.42. The minimum absolute atomic E-state index is 0.0228. The van der Waals surface area contributed by atoms with Gasteiger partial charge in [-0.25, -0.2) is 0 Å². The quantitative estimate of drug-likeness (QED) is 0.859. The summed E-state index contributed by atoms with van der Waals surface area (Å²) in [6.07, 6.45) is 5.94. The van der Waals surface area contributed by atoms with E-state index < -0.39 is 0 Å². The first-order valence-corrected chi connectivity index (χ1v) is 9.65. The van der Waals surface area contributed by atoms with Gasteiger partial charge in [0.15, 0.2) is 0 Å². The Labute approximate surface area is 158 Å². The van der Waals surface area contributed by atoms with E-state index >= 15 is 0 Å². The molecule has 142 valence electrons. The highest BCUT2D eigenvalue weighted by Crippen LogP contribution is 2.26. The summed E-state index contributed by atoms with van der Waals surface area (Å²) in [5, 5.41) is 10.5. The number of rotatable bonds is 4. The number of para-hydroxylation sites is 1. The van der Waals surface area contributed by atoms with E-state index in [1.165, 1.54) is 5.56 Å². The van der Waals surface area contributed by atoms with Gasteiger partial charge in [-0.3, -0.25) is 14.3 Å². The SMILES string of the molecule is O=C(NCC(=O)N1CCCc2ccccc21)c1ccn(C2CCCNC2)n1. The first kappa shape index (κ1) is 17.7. The third-order valence-corrected chi connectivity index (χ3v) is 5.30. The summed E-state index contributed by atoms with van der Waals surface area (Å²) in [7, 11) is 0. The smallest absolute Gasteiger partial charge is 0.272 e. The second kappa shape index (κ2) is 7.92. The number of nitrogens with zero attached hydrogens (tertiary/aromatic N) is 3. The number of piperidine rings is 1. The van der Waals surface area contributed by atoms with Gasteiger partial charge in [0.1, 0.15) is 5.69 Å². The van der Waals surface area contributed by atoms with Crippen molar-refractivity contribution in [1.82, 2.24) is 20.4 Å². The van der Waals surface area contributed by atoms with Crippen molar-refractivity contribution < 1.29 is 9.59 Å². The molecule has 1 unspecified atom stereocenters. The van der Waals surface area contributed by atoms with E-state index in [4.69, 9.17) is 0 Å². The zero-order chi connectivity index (χ0) is 18.6. The van der Waals surface area contributed by atoms with Gasteiger partial charge < -0.3 is 15.5 Å². The molecule has 0 aliphatic carbocycles. The molecule has 0 radical (unpaired) electrons. The Morgan fingerprint density at radius 2 is 2.11 bits per heavy atom. The van der Waals surface area contributed by atoms with Crippen LogP contribution in [0.4, 0.5) is 5.69 Å². The van der Waals surface area contributed by atoms with Crippen LogP contribution in [-0.4, -0.2) is 47.8 Å². The minimum Gasteiger partial charge on any atom is -0.342 e. The minimum atomic E-state index is -0.309. The number of hydrogen-bond acceptors (Lipinski definition) is 4. The van der Waals surface area contributed by atoms with Crippen LogP contribution in [0, 0.1) is 0 Å². The topological polar surface area (TPSA) is 79.3 Å². The van der Waals surface area contributed by atoms with Crippen LogP contribution in [0.5, 0.6) is 0 Å². The van der Waals surface area contributed by atoms with Crippen molar-refractivity contribution in [3.8, 4) is 0 Å². The average molecular weight is 367 g/mol. The van der Waals surface area contributed by atoms with Crippen molar-refractivity contribution in [2.75, 3.05) is 31.1 Å². The predicted octanol–water partition coefficient (Wildman–Crippen LogP) is 1.52. The number of nitrogens with one attached hydrogen (secondary N) is 2. The molecule has 1 saturated heterocycles. The van der Waals surface area contributed by atoms with Gasteiger partial charge in [0.2, 0.25) is 5.91 Å². The Balaban J connectivity index is 1.36. The fraction of sp³-hybridized carbons (Fsp3) is 0.450. The summed E-state index contributed by atoms with van der Waals surface area (Å²) < 4.78 is 1.85. The van der Waals surface area contributed by atoms with Crippen LogP contribution in [-0.2, 0) is 11.2 Å². The first-order chi connectivity index (χ1) is 13.2. The molecule has 27 heavy (non-hydrogen) atoms. The van der Waals surface area contributed by atoms with Gasteiger partial charge in [0.05, 0.1) is 12.6 Å². The van der Waals surface area contributed by atoms with Crippen LogP contribution in [0.2, 0.25) is 0 Å². The Bertz CT molecular complexity index is 825. The highest BCUT2D eigenvalue weighted by Gasteiger charge is 2.23. The average Bonchev–Trinajstić information content (AvgIpc) is 3.22. The molecule has 1 fully saturated rings. The number of fused-ring (bicyclic) bond motifs is 1. The second-order valence-electron chi connectivity index (χ2n) is 7.14. The molecule has 1 aromatic carbocycles. The largest absolute Gasteiger partial charge is 0.342 e. The zero-order valence-electron chi connectivity index (χ0n) is 15.4. The van der Waals surface area contributed by atoms with Crippen molar-refractivity contribution >= 4 is 17.5 Å². The third-order valence-electron chi connectivity index (χ3n) is 5.30. The van der Waals surface area contributed by atoms with Crippen molar-refractivity contribution in [2.24, 2.45) is 0 Å². The Hall–Kier alpha value is -2.67. The van der Waals surface area contributed by atoms with Gasteiger partial charge in [-0.1, -0.05) is 18.2 Å². The molecular formula is C20H25N5O2. The van der Waals surface area contributed by atoms with E-state index in [9.17, 15) is 9.59 Å². The Morgan fingerprint density at radius 1 is 1.22 bits per heavy atom. The number of benzene rings is 1. The fourth-order valence-corrected chi connectivity index (χ4v) is 3.86. The number of amides is 2. The lowest BCUT2D eigenvalue weighted by Gasteiger charge is -2.29. The van der Waals surface area contributed by atoms with Crippen molar-refractivity contribution in [1.29, 1.82) is 0 Å².